The van der Waals surface area contributed by atoms with Gasteiger partial charge in [0.1, 0.15) is 5.60 Å². The van der Waals surface area contributed by atoms with Crippen LogP contribution in [0, 0.1) is 0 Å². The van der Waals surface area contributed by atoms with E-state index in [9.17, 15) is 0 Å². The minimum atomic E-state index is -0.441. The van der Waals surface area contributed by atoms with Crippen LogP contribution < -0.4 is 5.73 Å². The van der Waals surface area contributed by atoms with Gasteiger partial charge in [0.15, 0.2) is 5.82 Å². The van der Waals surface area contributed by atoms with Crippen molar-refractivity contribution in [1.29, 1.82) is 0 Å². The molecule has 2 unspecified atom stereocenters. The van der Waals surface area contributed by atoms with E-state index in [1.54, 1.807) is 0 Å². The third-order valence-electron chi connectivity index (χ3n) is 4.00. The monoisotopic (exact) mass is 282 g/mol. The highest BCUT2D eigenvalue weighted by Gasteiger charge is 2.38. The molecule has 7 nitrogen and oxygen atoms in total. The van der Waals surface area contributed by atoms with E-state index in [1.807, 2.05) is 6.92 Å². The smallest absolute Gasteiger partial charge is 0.258 e. The Hall–Kier alpha value is -1.02. The lowest BCUT2D eigenvalue weighted by Gasteiger charge is -2.27. The number of nitrogens with two attached hydrogens (primary N) is 1. The Morgan fingerprint density at radius 1 is 1.35 bits per heavy atom. The molecule has 20 heavy (non-hydrogen) atoms. The van der Waals surface area contributed by atoms with E-state index in [1.165, 1.54) is 0 Å². The Bertz CT molecular complexity index is 439. The number of morpholine rings is 1. The number of hydrogen-bond acceptors (Lipinski definition) is 7. The Morgan fingerprint density at radius 3 is 2.85 bits per heavy atom. The van der Waals surface area contributed by atoms with Gasteiger partial charge in [0, 0.05) is 26.2 Å². The van der Waals surface area contributed by atoms with E-state index < -0.39 is 5.60 Å². The molecule has 0 bridgehead atoms. The molecule has 0 radical (unpaired) electrons. The molecule has 0 spiro atoms. The molecule has 0 aliphatic carbocycles. The summed E-state index contributed by atoms with van der Waals surface area (Å²) < 4.78 is 16.4. The van der Waals surface area contributed by atoms with Gasteiger partial charge in [0.05, 0.1) is 19.3 Å². The summed E-state index contributed by atoms with van der Waals surface area (Å²) in [7, 11) is 0. The first kappa shape index (κ1) is 13.9. The van der Waals surface area contributed by atoms with Crippen LogP contribution in [0.4, 0.5) is 0 Å². The highest BCUT2D eigenvalue weighted by Crippen LogP contribution is 2.34. The first-order valence-corrected chi connectivity index (χ1v) is 7.21. The third-order valence-corrected chi connectivity index (χ3v) is 4.00. The summed E-state index contributed by atoms with van der Waals surface area (Å²) in [6.45, 7) is 6.78. The van der Waals surface area contributed by atoms with Crippen LogP contribution in [0.3, 0.4) is 0 Å². The molecule has 1 aromatic heterocycles. The van der Waals surface area contributed by atoms with Crippen molar-refractivity contribution in [2.75, 3.05) is 39.5 Å². The molecule has 0 saturated carbocycles. The Balaban J connectivity index is 1.63. The maximum Gasteiger partial charge on any atom is 0.258 e. The number of aromatic nitrogens is 2. The Kier molecular flexibility index (Phi) is 4.02. The van der Waals surface area contributed by atoms with Crippen molar-refractivity contribution >= 4 is 0 Å². The second kappa shape index (κ2) is 5.77. The molecular formula is C13H22N4O3. The average Bonchev–Trinajstić information content (AvgIpc) is 3.09. The van der Waals surface area contributed by atoms with Crippen LogP contribution in [-0.2, 0) is 15.1 Å². The van der Waals surface area contributed by atoms with E-state index >= 15 is 0 Å². The lowest BCUT2D eigenvalue weighted by Crippen LogP contribution is -2.40. The van der Waals surface area contributed by atoms with Crippen molar-refractivity contribution in [3.05, 3.63) is 11.7 Å². The largest absolute Gasteiger partial charge is 0.379 e. The predicted molar refractivity (Wildman–Crippen MR) is 71.0 cm³/mol. The van der Waals surface area contributed by atoms with Gasteiger partial charge in [-0.2, -0.15) is 4.98 Å². The number of ether oxygens (including phenoxy) is 2. The van der Waals surface area contributed by atoms with E-state index in [2.05, 4.69) is 15.0 Å². The molecule has 2 N–H and O–H groups in total. The van der Waals surface area contributed by atoms with Gasteiger partial charge in [0.25, 0.3) is 5.89 Å². The maximum atomic E-state index is 6.17. The van der Waals surface area contributed by atoms with E-state index in [0.717, 1.165) is 52.3 Å². The molecular weight excluding hydrogens is 260 g/mol. The van der Waals surface area contributed by atoms with Crippen LogP contribution in [0.5, 0.6) is 0 Å². The third kappa shape index (κ3) is 2.85. The van der Waals surface area contributed by atoms with Crippen LogP contribution in [0.15, 0.2) is 4.52 Å². The summed E-state index contributed by atoms with van der Waals surface area (Å²) >= 11 is 0. The molecule has 1 aromatic rings. The molecule has 3 heterocycles. The van der Waals surface area contributed by atoms with Crippen molar-refractivity contribution in [2.45, 2.75) is 31.4 Å². The van der Waals surface area contributed by atoms with E-state index in [0.29, 0.717) is 11.7 Å². The van der Waals surface area contributed by atoms with E-state index in [4.69, 9.17) is 19.7 Å². The molecule has 112 valence electrons. The number of hydrogen-bond donors (Lipinski definition) is 1. The van der Waals surface area contributed by atoms with Crippen molar-refractivity contribution in [3.63, 3.8) is 0 Å². The van der Waals surface area contributed by atoms with Gasteiger partial charge < -0.3 is 19.7 Å². The highest BCUT2D eigenvalue weighted by atomic mass is 16.5. The summed E-state index contributed by atoms with van der Waals surface area (Å²) in [5.74, 6) is 1.10. The molecule has 2 saturated heterocycles. The molecule has 0 amide bonds. The second-order valence-corrected chi connectivity index (χ2v) is 5.66. The SMILES string of the molecule is CC1(c2nc(C(N)CN3CCOCC3)no2)CCCO1. The zero-order valence-corrected chi connectivity index (χ0v) is 11.9. The predicted octanol–water partition coefficient (Wildman–Crippen LogP) is 0.427. The lowest BCUT2D eigenvalue weighted by atomic mass is 10.0. The Morgan fingerprint density at radius 2 is 2.15 bits per heavy atom. The quantitative estimate of drug-likeness (QED) is 0.856. The first-order chi connectivity index (χ1) is 9.67. The first-order valence-electron chi connectivity index (χ1n) is 7.21. The fourth-order valence-electron chi connectivity index (χ4n) is 2.69. The molecule has 2 fully saturated rings. The highest BCUT2D eigenvalue weighted by molar-refractivity contribution is 5.02. The van der Waals surface area contributed by atoms with Crippen molar-refractivity contribution in [3.8, 4) is 0 Å². The van der Waals surface area contributed by atoms with Crippen molar-refractivity contribution < 1.29 is 14.0 Å². The van der Waals surface area contributed by atoms with Gasteiger partial charge in [-0.3, -0.25) is 4.90 Å². The minimum absolute atomic E-state index is 0.240. The lowest BCUT2D eigenvalue weighted by molar-refractivity contribution is -0.00937. The normalized spacial score (nSPS) is 29.7. The summed E-state index contributed by atoms with van der Waals surface area (Å²) in [6, 6.07) is -0.240. The van der Waals surface area contributed by atoms with Gasteiger partial charge in [-0.25, -0.2) is 0 Å². The summed E-state index contributed by atoms with van der Waals surface area (Å²) in [5.41, 5.74) is 5.73. The van der Waals surface area contributed by atoms with Crippen LogP contribution in [0.25, 0.3) is 0 Å². The van der Waals surface area contributed by atoms with Gasteiger partial charge in [-0.15, -0.1) is 0 Å². The Labute approximate surface area is 118 Å². The summed E-state index contributed by atoms with van der Waals surface area (Å²) in [4.78, 5) is 6.71. The summed E-state index contributed by atoms with van der Waals surface area (Å²) in [5, 5.41) is 4.02. The van der Waals surface area contributed by atoms with Crippen LogP contribution >= 0.6 is 0 Å². The zero-order valence-electron chi connectivity index (χ0n) is 11.9. The van der Waals surface area contributed by atoms with E-state index in [-0.39, 0.29) is 6.04 Å². The second-order valence-electron chi connectivity index (χ2n) is 5.66. The fraction of sp³-hybridized carbons (Fsp3) is 0.846. The standard InChI is InChI=1S/C13H22N4O3/c1-13(3-2-6-19-13)12-15-11(16-20-12)10(14)9-17-4-7-18-8-5-17/h10H,2-9,14H2,1H3. The van der Waals surface area contributed by atoms with Gasteiger partial charge in [-0.1, -0.05) is 5.16 Å². The number of rotatable bonds is 4. The van der Waals surface area contributed by atoms with Gasteiger partial charge >= 0.3 is 0 Å². The maximum absolute atomic E-state index is 6.17. The molecule has 3 rings (SSSR count). The van der Waals surface area contributed by atoms with Gasteiger partial charge in [-0.05, 0) is 19.8 Å². The topological polar surface area (TPSA) is 86.6 Å². The molecule has 7 heteroatoms. The molecule has 2 atom stereocenters. The van der Waals surface area contributed by atoms with Crippen LogP contribution in [0.2, 0.25) is 0 Å². The molecule has 2 aliphatic rings. The average molecular weight is 282 g/mol. The van der Waals surface area contributed by atoms with Crippen LogP contribution in [0.1, 0.15) is 37.5 Å². The zero-order chi connectivity index (χ0) is 14.0. The molecule has 0 aromatic carbocycles. The minimum Gasteiger partial charge on any atom is -0.379 e. The fourth-order valence-corrected chi connectivity index (χ4v) is 2.69. The number of nitrogens with zero attached hydrogens (tertiary/aromatic N) is 3. The van der Waals surface area contributed by atoms with Crippen molar-refractivity contribution in [2.24, 2.45) is 5.73 Å². The van der Waals surface area contributed by atoms with Crippen molar-refractivity contribution in [1.82, 2.24) is 15.0 Å². The molecule has 2 aliphatic heterocycles. The summed E-state index contributed by atoms with van der Waals surface area (Å²) in [6.07, 6.45) is 1.93. The van der Waals surface area contributed by atoms with Gasteiger partial charge in [0.2, 0.25) is 0 Å². The van der Waals surface area contributed by atoms with Crippen LogP contribution in [-0.4, -0.2) is 54.5 Å².